The normalized spacial score (nSPS) is 17.3. The molecule has 1 aromatic heterocycles. The van der Waals surface area contributed by atoms with Crippen LogP contribution in [0.4, 0.5) is 0 Å². The molecule has 11 N–H and O–H groups in total. The number of aromatic hydroxyl groups is 1. The molecule has 18 nitrogen and oxygen atoms in total. The summed E-state index contributed by atoms with van der Waals surface area (Å²) in [5, 5.41) is 43.9. The first kappa shape index (κ1) is 49.6. The largest absolute Gasteiger partial charge is 0.508 e. The number of carbonyl (C=O) groups excluding carboxylic acids is 6. The number of hydrogen-bond donors (Lipinski definition) is 10. The number of amides is 6. The van der Waals surface area contributed by atoms with E-state index in [1.165, 1.54) is 24.0 Å². The smallest absolute Gasteiger partial charge is 0.326 e. The summed E-state index contributed by atoms with van der Waals surface area (Å²) in [4.78, 5) is 99.8. The van der Waals surface area contributed by atoms with Crippen LogP contribution in [0.25, 0.3) is 10.9 Å². The lowest BCUT2D eigenvalue weighted by Gasteiger charge is -2.31. The van der Waals surface area contributed by atoms with Gasteiger partial charge in [0.1, 0.15) is 48.0 Å². The number of likely N-dealkylation sites (tertiary alicyclic amines) is 1. The standard InChI is InChI=1S/C45H64N8O10/c1-23(2)19-34(45(62)63)50-42(59)37(24(3)4)52-43(60)38(25(5)6)51-39(56)32(20-27-14-16-29(55)17-15-27)48-40(57)35-13-10-18-53(35)44(61)33(49-41(58)36(46)26(7)54)21-28-22-47-31-12-9-8-11-30(28)31/h8-9,11-12,14-17,22-26,32-38,47,54-55H,10,13,18-21,46H2,1-7H3,(H,48,57)(H,49,58)(H,50,59)(H,51,56)(H,52,60)(H,62,63)/t26-,32-,33-,34-,35-,36-,37-,38-/m1/s1. The second-order valence-corrected chi connectivity index (χ2v) is 17.5. The van der Waals surface area contributed by atoms with Gasteiger partial charge < -0.3 is 57.5 Å². The van der Waals surface area contributed by atoms with Gasteiger partial charge in [0.2, 0.25) is 35.4 Å². The van der Waals surface area contributed by atoms with E-state index in [0.29, 0.717) is 12.0 Å². The van der Waals surface area contributed by atoms with E-state index in [1.54, 1.807) is 46.0 Å². The molecular formula is C45H64N8O10. The van der Waals surface area contributed by atoms with E-state index in [1.807, 2.05) is 38.1 Å². The molecule has 1 saturated heterocycles. The Morgan fingerprint density at radius 2 is 1.33 bits per heavy atom. The van der Waals surface area contributed by atoms with Crippen molar-refractivity contribution >= 4 is 52.3 Å². The summed E-state index contributed by atoms with van der Waals surface area (Å²) in [6, 6.07) is 5.04. The van der Waals surface area contributed by atoms with Crippen LogP contribution in [-0.4, -0.2) is 122 Å². The number of fused-ring (bicyclic) bond motifs is 1. The van der Waals surface area contributed by atoms with Crippen molar-refractivity contribution in [3.05, 3.63) is 65.9 Å². The number of aliphatic hydroxyl groups excluding tert-OH is 1. The maximum absolute atomic E-state index is 14.4. The van der Waals surface area contributed by atoms with Crippen molar-refractivity contribution in [2.45, 2.75) is 129 Å². The van der Waals surface area contributed by atoms with Gasteiger partial charge >= 0.3 is 5.97 Å². The predicted octanol–water partition coefficient (Wildman–Crippen LogP) is 1.22. The number of carboxylic acid groups (broad SMARTS) is 1. The monoisotopic (exact) mass is 876 g/mol. The summed E-state index contributed by atoms with van der Waals surface area (Å²) in [7, 11) is 0. The minimum absolute atomic E-state index is 0.0215. The van der Waals surface area contributed by atoms with Gasteiger partial charge in [0.05, 0.1) is 6.10 Å². The van der Waals surface area contributed by atoms with E-state index in [-0.39, 0.29) is 43.9 Å². The van der Waals surface area contributed by atoms with Gasteiger partial charge in [-0.2, -0.15) is 0 Å². The van der Waals surface area contributed by atoms with Gasteiger partial charge in [-0.25, -0.2) is 4.79 Å². The lowest BCUT2D eigenvalue weighted by atomic mass is 9.97. The Morgan fingerprint density at radius 3 is 1.92 bits per heavy atom. The number of aromatic nitrogens is 1. The van der Waals surface area contributed by atoms with Crippen LogP contribution in [0.15, 0.2) is 54.7 Å². The minimum atomic E-state index is -1.33. The molecule has 6 amide bonds. The average molecular weight is 877 g/mol. The predicted molar refractivity (Wildman–Crippen MR) is 235 cm³/mol. The van der Waals surface area contributed by atoms with Crippen molar-refractivity contribution in [3.8, 4) is 5.75 Å². The highest BCUT2D eigenvalue weighted by Gasteiger charge is 2.41. The maximum Gasteiger partial charge on any atom is 0.326 e. The minimum Gasteiger partial charge on any atom is -0.508 e. The zero-order chi connectivity index (χ0) is 46.7. The van der Waals surface area contributed by atoms with Gasteiger partial charge in [-0.15, -0.1) is 0 Å². The van der Waals surface area contributed by atoms with Crippen LogP contribution in [0.2, 0.25) is 0 Å². The molecule has 2 aromatic carbocycles. The van der Waals surface area contributed by atoms with Crippen LogP contribution < -0.4 is 32.3 Å². The molecule has 0 bridgehead atoms. The van der Waals surface area contributed by atoms with E-state index in [2.05, 4.69) is 31.6 Å². The van der Waals surface area contributed by atoms with Crippen LogP contribution in [0.1, 0.15) is 78.9 Å². The number of nitrogens with one attached hydrogen (secondary N) is 6. The van der Waals surface area contributed by atoms with Gasteiger partial charge in [0.15, 0.2) is 0 Å². The van der Waals surface area contributed by atoms with Crippen molar-refractivity contribution in [2.75, 3.05) is 6.54 Å². The number of aromatic amines is 1. The molecule has 4 rings (SSSR count). The summed E-state index contributed by atoms with van der Waals surface area (Å²) in [5.74, 6) is -6.37. The third kappa shape index (κ3) is 13.5. The Hall–Kier alpha value is -6.01. The van der Waals surface area contributed by atoms with Crippen LogP contribution in [0.5, 0.6) is 5.75 Å². The molecule has 0 saturated carbocycles. The van der Waals surface area contributed by atoms with E-state index >= 15 is 0 Å². The van der Waals surface area contributed by atoms with Crippen molar-refractivity contribution in [3.63, 3.8) is 0 Å². The highest BCUT2D eigenvalue weighted by molar-refractivity contribution is 5.98. The molecule has 3 aromatic rings. The summed E-state index contributed by atoms with van der Waals surface area (Å²) >= 11 is 0. The molecule has 0 spiro atoms. The number of hydrogen-bond acceptors (Lipinski definition) is 10. The lowest BCUT2D eigenvalue weighted by Crippen LogP contribution is -2.61. The Morgan fingerprint density at radius 1 is 0.746 bits per heavy atom. The Bertz CT molecular complexity index is 2080. The number of nitrogens with zero attached hydrogens (tertiary/aromatic N) is 1. The molecule has 8 atom stereocenters. The van der Waals surface area contributed by atoms with Crippen LogP contribution in [-0.2, 0) is 46.4 Å². The zero-order valence-corrected chi connectivity index (χ0v) is 37.0. The fourth-order valence-electron chi connectivity index (χ4n) is 7.58. The number of benzene rings is 2. The van der Waals surface area contributed by atoms with Crippen molar-refractivity contribution in [2.24, 2.45) is 23.5 Å². The van der Waals surface area contributed by atoms with Gasteiger partial charge in [0, 0.05) is 36.5 Å². The van der Waals surface area contributed by atoms with Crippen LogP contribution in [0.3, 0.4) is 0 Å². The van der Waals surface area contributed by atoms with E-state index in [4.69, 9.17) is 5.73 Å². The van der Waals surface area contributed by atoms with Gasteiger partial charge in [-0.05, 0) is 73.3 Å². The summed E-state index contributed by atoms with van der Waals surface area (Å²) in [5.41, 5.74) is 8.04. The molecule has 0 unspecified atom stereocenters. The van der Waals surface area contributed by atoms with Gasteiger partial charge in [-0.3, -0.25) is 28.8 Å². The van der Waals surface area contributed by atoms with Crippen molar-refractivity contribution in [1.82, 2.24) is 36.5 Å². The van der Waals surface area contributed by atoms with E-state index < -0.39 is 102 Å². The van der Waals surface area contributed by atoms with Crippen molar-refractivity contribution < 1.29 is 48.9 Å². The highest BCUT2D eigenvalue weighted by Crippen LogP contribution is 2.24. The van der Waals surface area contributed by atoms with Crippen molar-refractivity contribution in [1.29, 1.82) is 0 Å². The van der Waals surface area contributed by atoms with E-state index in [9.17, 15) is 48.9 Å². The molecule has 0 aliphatic carbocycles. The summed E-state index contributed by atoms with van der Waals surface area (Å²) < 4.78 is 0. The first-order chi connectivity index (χ1) is 29.7. The summed E-state index contributed by atoms with van der Waals surface area (Å²) in [6.45, 7) is 11.9. The van der Waals surface area contributed by atoms with E-state index in [0.717, 1.165) is 16.5 Å². The fraction of sp³-hybridized carbons (Fsp3) is 0.533. The number of aliphatic hydroxyl groups is 1. The number of phenolic OH excluding ortho intramolecular Hbond substituents is 1. The number of aliphatic carboxylic acids is 1. The second-order valence-electron chi connectivity index (χ2n) is 17.5. The SMILES string of the molecule is CC(C)C[C@@H](NC(=O)[C@H](NC(=O)[C@H](NC(=O)[C@@H](Cc1ccc(O)cc1)NC(=O)[C@H]1CCCN1C(=O)[C@@H](Cc1c[nH]c2ccccc12)NC(=O)[C@H](N)[C@@H](C)O)C(C)C)C(C)C)C(=O)O. The first-order valence-electron chi connectivity index (χ1n) is 21.5. The molecule has 0 radical (unpaired) electrons. The molecule has 1 aliphatic heterocycles. The number of carbonyl (C=O) groups is 7. The molecule has 1 aliphatic rings. The number of rotatable bonds is 21. The molecular weight excluding hydrogens is 813 g/mol. The number of phenols is 1. The van der Waals surface area contributed by atoms with Crippen LogP contribution in [0, 0.1) is 17.8 Å². The zero-order valence-electron chi connectivity index (χ0n) is 37.0. The molecule has 18 heteroatoms. The Kier molecular flexibility index (Phi) is 17.6. The topological polar surface area (TPSA) is 285 Å². The number of nitrogens with two attached hydrogens (primary N) is 1. The third-order valence-corrected chi connectivity index (χ3v) is 11.2. The second kappa shape index (κ2) is 22.4. The summed E-state index contributed by atoms with van der Waals surface area (Å²) in [6.07, 6.45) is 1.33. The van der Waals surface area contributed by atoms with Gasteiger partial charge in [0.25, 0.3) is 0 Å². The average Bonchev–Trinajstić information content (AvgIpc) is 3.88. The maximum atomic E-state index is 14.4. The Labute approximate surface area is 367 Å². The number of para-hydroxylation sites is 1. The highest BCUT2D eigenvalue weighted by atomic mass is 16.4. The lowest BCUT2D eigenvalue weighted by molar-refractivity contribution is -0.143. The quantitative estimate of drug-likeness (QED) is 0.0727. The first-order valence-corrected chi connectivity index (χ1v) is 21.5. The molecule has 2 heterocycles. The molecule has 1 fully saturated rings. The fourth-order valence-corrected chi connectivity index (χ4v) is 7.58. The third-order valence-electron chi connectivity index (χ3n) is 11.2. The number of H-pyrrole nitrogens is 1. The Balaban J connectivity index is 1.58. The molecule has 344 valence electrons. The molecule has 63 heavy (non-hydrogen) atoms. The van der Waals surface area contributed by atoms with Crippen LogP contribution >= 0.6 is 0 Å². The number of carboxylic acids is 1. The van der Waals surface area contributed by atoms with Gasteiger partial charge in [-0.1, -0.05) is 71.9 Å².